The van der Waals surface area contributed by atoms with E-state index < -0.39 is 11.8 Å². The first-order valence-corrected chi connectivity index (χ1v) is 8.47. The Morgan fingerprint density at radius 2 is 1.69 bits per heavy atom. The van der Waals surface area contributed by atoms with Crippen LogP contribution in [0.4, 0.5) is 21.5 Å². The first kappa shape index (κ1) is 18.0. The number of carbonyl (C=O) groups excluding carboxylic acids is 2. The zero-order valence-corrected chi connectivity index (χ0v) is 14.7. The van der Waals surface area contributed by atoms with Crippen LogP contribution < -0.4 is 16.0 Å². The van der Waals surface area contributed by atoms with Gasteiger partial charge in [-0.15, -0.1) is 0 Å². The van der Waals surface area contributed by atoms with Crippen molar-refractivity contribution in [3.63, 3.8) is 0 Å². The highest BCUT2D eigenvalue weighted by Gasteiger charge is 2.26. The van der Waals surface area contributed by atoms with Gasteiger partial charge in [0, 0.05) is 37.6 Å². The first-order valence-electron chi connectivity index (χ1n) is 8.10. The second-order valence-corrected chi connectivity index (χ2v) is 6.36. The number of nitrogens with zero attached hydrogens (tertiary/aromatic N) is 2. The summed E-state index contributed by atoms with van der Waals surface area (Å²) < 4.78 is 13.0. The van der Waals surface area contributed by atoms with Crippen molar-refractivity contribution in [3.8, 4) is 0 Å². The number of amides is 2. The molecule has 0 aromatic heterocycles. The predicted octanol–water partition coefficient (Wildman–Crippen LogP) is 2.35. The van der Waals surface area contributed by atoms with Gasteiger partial charge in [0.1, 0.15) is 5.82 Å². The van der Waals surface area contributed by atoms with E-state index in [1.54, 1.807) is 24.3 Å². The fourth-order valence-electron chi connectivity index (χ4n) is 2.77. The third-order valence-electron chi connectivity index (χ3n) is 4.19. The lowest BCUT2D eigenvalue weighted by Crippen LogP contribution is -2.51. The molecular weight excluding hydrogens is 359 g/mol. The number of hydrogen-bond acceptors (Lipinski definition) is 4. The van der Waals surface area contributed by atoms with E-state index in [0.29, 0.717) is 37.6 Å². The Labute approximate surface area is 155 Å². The van der Waals surface area contributed by atoms with Crippen LogP contribution in [0.1, 0.15) is 0 Å². The number of nitrogens with one attached hydrogen (secondary N) is 1. The molecule has 1 aliphatic rings. The Balaban J connectivity index is 1.57. The molecule has 26 heavy (non-hydrogen) atoms. The lowest BCUT2D eigenvalue weighted by atomic mass is 10.2. The monoisotopic (exact) mass is 376 g/mol. The Bertz CT molecular complexity index is 820. The lowest BCUT2D eigenvalue weighted by Gasteiger charge is -2.35. The molecule has 2 aromatic carbocycles. The maximum Gasteiger partial charge on any atom is 0.313 e. The molecule has 3 N–H and O–H groups in total. The molecule has 0 saturated carbocycles. The minimum Gasteiger partial charge on any atom is -0.399 e. The molecule has 8 heteroatoms. The highest BCUT2D eigenvalue weighted by atomic mass is 35.5. The molecule has 1 heterocycles. The number of anilines is 3. The Morgan fingerprint density at radius 3 is 2.31 bits per heavy atom. The minimum atomic E-state index is -0.744. The molecule has 1 aliphatic heterocycles. The number of piperazine rings is 1. The van der Waals surface area contributed by atoms with Crippen LogP contribution in [0.3, 0.4) is 0 Å². The van der Waals surface area contributed by atoms with Crippen molar-refractivity contribution in [3.05, 3.63) is 53.3 Å². The molecule has 1 saturated heterocycles. The van der Waals surface area contributed by atoms with E-state index in [2.05, 4.69) is 5.32 Å². The van der Waals surface area contributed by atoms with Crippen LogP contribution in [0.25, 0.3) is 0 Å². The van der Waals surface area contributed by atoms with Crippen molar-refractivity contribution < 1.29 is 14.0 Å². The molecule has 0 aliphatic carbocycles. The number of rotatable bonds is 2. The molecule has 2 amide bonds. The summed E-state index contributed by atoms with van der Waals surface area (Å²) in [5, 5.41) is 2.78. The fourth-order valence-corrected chi connectivity index (χ4v) is 3.01. The standard InChI is InChI=1S/C18H18ClFN4O2/c19-15-11-13(21)3-6-16(15)22-17(25)18(26)24-9-7-23(8-10-24)14-4-1-12(20)2-5-14/h1-6,11H,7-10,21H2,(H,22,25). The SMILES string of the molecule is Nc1ccc(NC(=O)C(=O)N2CCN(c3ccc(F)cc3)CC2)c(Cl)c1. The summed E-state index contributed by atoms with van der Waals surface area (Å²) in [5.74, 6) is -1.65. The second-order valence-electron chi connectivity index (χ2n) is 5.95. The molecule has 136 valence electrons. The van der Waals surface area contributed by atoms with Gasteiger partial charge in [0.2, 0.25) is 0 Å². The van der Waals surface area contributed by atoms with Crippen molar-refractivity contribution in [1.82, 2.24) is 4.90 Å². The summed E-state index contributed by atoms with van der Waals surface area (Å²) in [7, 11) is 0. The van der Waals surface area contributed by atoms with Gasteiger partial charge in [-0.3, -0.25) is 9.59 Å². The summed E-state index contributed by atoms with van der Waals surface area (Å²) in [6.45, 7) is 1.93. The Kier molecular flexibility index (Phi) is 5.27. The molecule has 0 unspecified atom stereocenters. The average Bonchev–Trinajstić information content (AvgIpc) is 2.64. The smallest absolute Gasteiger partial charge is 0.313 e. The maximum atomic E-state index is 13.0. The van der Waals surface area contributed by atoms with Gasteiger partial charge in [0.25, 0.3) is 0 Å². The van der Waals surface area contributed by atoms with E-state index in [-0.39, 0.29) is 10.8 Å². The van der Waals surface area contributed by atoms with Gasteiger partial charge in [0.05, 0.1) is 10.7 Å². The Morgan fingerprint density at radius 1 is 1.04 bits per heavy atom. The molecule has 2 aromatic rings. The van der Waals surface area contributed by atoms with Crippen molar-refractivity contribution in [2.45, 2.75) is 0 Å². The predicted molar refractivity (Wildman–Crippen MR) is 99.7 cm³/mol. The largest absolute Gasteiger partial charge is 0.399 e. The third kappa shape index (κ3) is 4.05. The molecule has 0 radical (unpaired) electrons. The quantitative estimate of drug-likeness (QED) is 0.623. The van der Waals surface area contributed by atoms with Crippen LogP contribution in [-0.2, 0) is 9.59 Å². The van der Waals surface area contributed by atoms with Crippen molar-refractivity contribution in [2.75, 3.05) is 42.1 Å². The van der Waals surface area contributed by atoms with E-state index in [1.807, 2.05) is 4.90 Å². The average molecular weight is 377 g/mol. The van der Waals surface area contributed by atoms with Gasteiger partial charge in [-0.25, -0.2) is 4.39 Å². The summed E-state index contributed by atoms with van der Waals surface area (Å²) in [5.41, 5.74) is 7.30. The summed E-state index contributed by atoms with van der Waals surface area (Å²) >= 11 is 6.01. The zero-order chi connectivity index (χ0) is 18.7. The molecule has 0 atom stereocenters. The van der Waals surface area contributed by atoms with Crippen molar-refractivity contribution >= 4 is 40.5 Å². The van der Waals surface area contributed by atoms with Gasteiger partial charge in [-0.2, -0.15) is 0 Å². The Hall–Kier alpha value is -2.80. The van der Waals surface area contributed by atoms with E-state index in [9.17, 15) is 14.0 Å². The number of nitrogens with two attached hydrogens (primary N) is 1. The van der Waals surface area contributed by atoms with Gasteiger partial charge >= 0.3 is 11.8 Å². The first-order chi connectivity index (χ1) is 12.4. The maximum absolute atomic E-state index is 13.0. The highest BCUT2D eigenvalue weighted by Crippen LogP contribution is 2.24. The van der Waals surface area contributed by atoms with Crippen LogP contribution >= 0.6 is 11.6 Å². The summed E-state index contributed by atoms with van der Waals surface area (Å²) in [6, 6.07) is 10.8. The molecule has 3 rings (SSSR count). The lowest BCUT2D eigenvalue weighted by molar-refractivity contribution is -0.143. The van der Waals surface area contributed by atoms with Crippen molar-refractivity contribution in [1.29, 1.82) is 0 Å². The molecular formula is C18H18ClFN4O2. The van der Waals surface area contributed by atoms with Crippen LogP contribution in [0.5, 0.6) is 0 Å². The van der Waals surface area contributed by atoms with Gasteiger partial charge in [-0.05, 0) is 42.5 Å². The topological polar surface area (TPSA) is 78.7 Å². The van der Waals surface area contributed by atoms with E-state index >= 15 is 0 Å². The van der Waals surface area contributed by atoms with E-state index in [1.165, 1.54) is 23.1 Å². The fraction of sp³-hybridized carbons (Fsp3) is 0.222. The van der Waals surface area contributed by atoms with Gasteiger partial charge in [-0.1, -0.05) is 11.6 Å². The van der Waals surface area contributed by atoms with Crippen LogP contribution in [0.2, 0.25) is 5.02 Å². The van der Waals surface area contributed by atoms with Gasteiger partial charge < -0.3 is 20.9 Å². The number of nitrogen functional groups attached to an aromatic ring is 1. The van der Waals surface area contributed by atoms with E-state index in [4.69, 9.17) is 17.3 Å². The third-order valence-corrected chi connectivity index (χ3v) is 4.51. The van der Waals surface area contributed by atoms with Crippen LogP contribution in [0.15, 0.2) is 42.5 Å². The zero-order valence-electron chi connectivity index (χ0n) is 13.9. The highest BCUT2D eigenvalue weighted by molar-refractivity contribution is 6.41. The minimum absolute atomic E-state index is 0.271. The van der Waals surface area contributed by atoms with E-state index in [0.717, 1.165) is 5.69 Å². The number of hydrogen-bond donors (Lipinski definition) is 2. The molecule has 0 bridgehead atoms. The molecule has 1 fully saturated rings. The molecule has 6 nitrogen and oxygen atoms in total. The number of halogens is 2. The number of carbonyl (C=O) groups is 2. The van der Waals surface area contributed by atoms with Crippen LogP contribution in [0, 0.1) is 5.82 Å². The summed E-state index contributed by atoms with van der Waals surface area (Å²) in [4.78, 5) is 28.1. The number of benzene rings is 2. The van der Waals surface area contributed by atoms with Gasteiger partial charge in [0.15, 0.2) is 0 Å². The van der Waals surface area contributed by atoms with Crippen molar-refractivity contribution in [2.24, 2.45) is 0 Å². The van der Waals surface area contributed by atoms with Crippen LogP contribution in [-0.4, -0.2) is 42.9 Å². The summed E-state index contributed by atoms with van der Waals surface area (Å²) in [6.07, 6.45) is 0. The molecule has 0 spiro atoms. The second kappa shape index (κ2) is 7.61. The normalized spacial score (nSPS) is 14.2.